The third-order valence-electron chi connectivity index (χ3n) is 1.23. The van der Waals surface area contributed by atoms with E-state index in [1.54, 1.807) is 6.92 Å². The second-order valence-corrected chi connectivity index (χ2v) is 1.92. The molecule has 1 saturated heterocycles. The first-order chi connectivity index (χ1) is 4.24. The Morgan fingerprint density at radius 3 is 2.67 bits per heavy atom. The fraction of sp³-hybridized carbons (Fsp3) is 0.600. The van der Waals surface area contributed by atoms with Gasteiger partial charge in [0.25, 0.3) is 0 Å². The summed E-state index contributed by atoms with van der Waals surface area (Å²) in [5.41, 5.74) is 0. The van der Waals surface area contributed by atoms with Crippen molar-refractivity contribution >= 4 is 12.4 Å². The highest BCUT2D eigenvalue weighted by Gasteiger charge is 2.29. The summed E-state index contributed by atoms with van der Waals surface area (Å²) in [4.78, 5) is 20.4. The molecule has 1 N–H and O–H groups in total. The molecule has 0 aliphatic carbocycles. The van der Waals surface area contributed by atoms with E-state index in [2.05, 4.69) is 10.1 Å². The second-order valence-electron chi connectivity index (χ2n) is 1.92. The number of hydrogen-bond donors (Lipinski definition) is 1. The Bertz CT molecular complexity index is 145. The van der Waals surface area contributed by atoms with E-state index in [-0.39, 0.29) is 6.10 Å². The number of amides is 1. The second kappa shape index (κ2) is 2.05. The average Bonchev–Trinajstić information content (AvgIpc) is 2.10. The maximum absolute atomic E-state index is 10.3. The maximum Gasteiger partial charge on any atom is 0.408 e. The Morgan fingerprint density at radius 1 is 1.78 bits per heavy atom. The monoisotopic (exact) mass is 129 g/mol. The molecule has 0 spiro atoms. The lowest BCUT2D eigenvalue weighted by Gasteiger charge is -2.01. The largest absolute Gasteiger partial charge is 0.444 e. The quantitative estimate of drug-likeness (QED) is 0.494. The van der Waals surface area contributed by atoms with E-state index in [0.29, 0.717) is 6.29 Å². The van der Waals surface area contributed by atoms with Crippen LogP contribution in [0.5, 0.6) is 0 Å². The number of carbonyl (C=O) groups is 2. The first-order valence-corrected chi connectivity index (χ1v) is 2.66. The molecule has 0 aromatic heterocycles. The summed E-state index contributed by atoms with van der Waals surface area (Å²) < 4.78 is 4.58. The zero-order chi connectivity index (χ0) is 6.85. The summed E-state index contributed by atoms with van der Waals surface area (Å²) >= 11 is 0. The van der Waals surface area contributed by atoms with Crippen molar-refractivity contribution in [2.45, 2.75) is 19.1 Å². The smallest absolute Gasteiger partial charge is 0.408 e. The summed E-state index contributed by atoms with van der Waals surface area (Å²) in [6.45, 7) is 1.66. The molecule has 2 atom stereocenters. The summed E-state index contributed by atoms with van der Waals surface area (Å²) in [5, 5.41) is 2.32. The van der Waals surface area contributed by atoms with Crippen LogP contribution in [0.15, 0.2) is 0 Å². The summed E-state index contributed by atoms with van der Waals surface area (Å²) in [6.07, 6.45) is -0.176. The van der Waals surface area contributed by atoms with Gasteiger partial charge in [-0.15, -0.1) is 0 Å². The molecule has 4 heteroatoms. The van der Waals surface area contributed by atoms with Gasteiger partial charge in [0.2, 0.25) is 0 Å². The predicted octanol–water partition coefficient (Wildman–Crippen LogP) is -0.318. The predicted molar refractivity (Wildman–Crippen MR) is 28.9 cm³/mol. The lowest BCUT2D eigenvalue weighted by atomic mass is 10.2. The van der Waals surface area contributed by atoms with Crippen LogP contribution < -0.4 is 5.32 Å². The van der Waals surface area contributed by atoms with E-state index in [1.807, 2.05) is 0 Å². The molecular weight excluding hydrogens is 122 g/mol. The Labute approximate surface area is 52.2 Å². The topological polar surface area (TPSA) is 55.4 Å². The third kappa shape index (κ3) is 1.01. The van der Waals surface area contributed by atoms with Crippen molar-refractivity contribution < 1.29 is 14.3 Å². The number of ether oxygens (including phenoxy) is 1. The van der Waals surface area contributed by atoms with E-state index in [0.717, 1.165) is 0 Å². The molecule has 1 heterocycles. The number of alkyl carbamates (subject to hydrolysis) is 1. The summed E-state index contributed by atoms with van der Waals surface area (Å²) in [5.74, 6) is 0. The minimum Gasteiger partial charge on any atom is -0.444 e. The van der Waals surface area contributed by atoms with Crippen LogP contribution in [0, 0.1) is 0 Å². The standard InChI is InChI=1S/C5H7NO3/c1-3-4(2-7)6-5(8)9-3/h2-4H,1H3,(H,6,8)/t3-,4+/m0/s1. The van der Waals surface area contributed by atoms with Gasteiger partial charge in [-0.1, -0.05) is 0 Å². The van der Waals surface area contributed by atoms with Gasteiger partial charge >= 0.3 is 6.09 Å². The summed E-state index contributed by atoms with van der Waals surface area (Å²) in [7, 11) is 0. The number of aldehydes is 1. The third-order valence-corrected chi connectivity index (χ3v) is 1.23. The van der Waals surface area contributed by atoms with Crippen molar-refractivity contribution in [2.75, 3.05) is 0 Å². The normalized spacial score (nSPS) is 33.2. The molecule has 1 rings (SSSR count). The van der Waals surface area contributed by atoms with E-state index in [9.17, 15) is 9.59 Å². The highest BCUT2D eigenvalue weighted by atomic mass is 16.6. The van der Waals surface area contributed by atoms with Gasteiger partial charge in [0, 0.05) is 0 Å². The van der Waals surface area contributed by atoms with Gasteiger partial charge in [-0.05, 0) is 6.92 Å². The van der Waals surface area contributed by atoms with Crippen LogP contribution in [0.1, 0.15) is 6.92 Å². The first-order valence-electron chi connectivity index (χ1n) is 2.66. The number of hydrogen-bond acceptors (Lipinski definition) is 3. The van der Waals surface area contributed by atoms with Gasteiger partial charge in [0.05, 0.1) is 0 Å². The molecular formula is C5H7NO3. The number of carbonyl (C=O) groups excluding carboxylic acids is 2. The molecule has 0 saturated carbocycles. The average molecular weight is 129 g/mol. The van der Waals surface area contributed by atoms with Gasteiger partial charge in [-0.3, -0.25) is 0 Å². The Morgan fingerprint density at radius 2 is 2.44 bits per heavy atom. The van der Waals surface area contributed by atoms with Gasteiger partial charge in [-0.2, -0.15) is 0 Å². The molecule has 0 bridgehead atoms. The van der Waals surface area contributed by atoms with Crippen molar-refractivity contribution in [3.05, 3.63) is 0 Å². The minimum atomic E-state index is -0.514. The van der Waals surface area contributed by atoms with Crippen LogP contribution in [-0.4, -0.2) is 24.5 Å². The molecule has 1 aliphatic heterocycles. The van der Waals surface area contributed by atoms with Gasteiger partial charge in [0.1, 0.15) is 18.4 Å². The SMILES string of the molecule is C[C@@H]1OC(=O)N[C@@H]1C=O. The van der Waals surface area contributed by atoms with Gasteiger partial charge in [-0.25, -0.2) is 4.79 Å². The molecule has 4 nitrogen and oxygen atoms in total. The van der Waals surface area contributed by atoms with E-state index < -0.39 is 12.1 Å². The molecule has 1 amide bonds. The molecule has 0 radical (unpaired) electrons. The van der Waals surface area contributed by atoms with Crippen LogP contribution in [0.3, 0.4) is 0 Å². The van der Waals surface area contributed by atoms with Crippen molar-refractivity contribution in [3.8, 4) is 0 Å². The maximum atomic E-state index is 10.3. The van der Waals surface area contributed by atoms with Crippen LogP contribution in [0.2, 0.25) is 0 Å². The lowest BCUT2D eigenvalue weighted by molar-refractivity contribution is -0.110. The Balaban J connectivity index is 2.57. The van der Waals surface area contributed by atoms with Crippen LogP contribution in [0.4, 0.5) is 4.79 Å². The highest BCUT2D eigenvalue weighted by Crippen LogP contribution is 2.04. The van der Waals surface area contributed by atoms with E-state index >= 15 is 0 Å². The first kappa shape index (κ1) is 6.07. The minimum absolute atomic E-state index is 0.324. The Hall–Kier alpha value is -1.06. The highest BCUT2D eigenvalue weighted by molar-refractivity contribution is 5.77. The number of cyclic esters (lactones) is 1. The molecule has 50 valence electrons. The van der Waals surface area contributed by atoms with E-state index in [4.69, 9.17) is 0 Å². The molecule has 0 aromatic carbocycles. The number of nitrogens with one attached hydrogen (secondary N) is 1. The Kier molecular flexibility index (Phi) is 1.38. The molecule has 9 heavy (non-hydrogen) atoms. The van der Waals surface area contributed by atoms with E-state index in [1.165, 1.54) is 0 Å². The number of rotatable bonds is 1. The molecule has 0 aromatic rings. The van der Waals surface area contributed by atoms with Crippen LogP contribution in [-0.2, 0) is 9.53 Å². The van der Waals surface area contributed by atoms with Crippen molar-refractivity contribution in [1.82, 2.24) is 5.32 Å². The molecule has 1 aliphatic rings. The fourth-order valence-electron chi connectivity index (χ4n) is 0.674. The van der Waals surface area contributed by atoms with Crippen LogP contribution >= 0.6 is 0 Å². The van der Waals surface area contributed by atoms with Crippen molar-refractivity contribution in [3.63, 3.8) is 0 Å². The zero-order valence-electron chi connectivity index (χ0n) is 4.96. The van der Waals surface area contributed by atoms with Gasteiger partial charge in [0.15, 0.2) is 0 Å². The van der Waals surface area contributed by atoms with Crippen molar-refractivity contribution in [1.29, 1.82) is 0 Å². The van der Waals surface area contributed by atoms with Crippen LogP contribution in [0.25, 0.3) is 0 Å². The molecule has 0 unspecified atom stereocenters. The lowest BCUT2D eigenvalue weighted by Crippen LogP contribution is -2.31. The molecule has 1 fully saturated rings. The zero-order valence-corrected chi connectivity index (χ0v) is 4.96. The summed E-state index contributed by atoms with van der Waals surface area (Å²) in [6, 6.07) is -0.461. The fourth-order valence-corrected chi connectivity index (χ4v) is 0.674. The van der Waals surface area contributed by atoms with Crippen molar-refractivity contribution in [2.24, 2.45) is 0 Å². The van der Waals surface area contributed by atoms with Gasteiger partial charge < -0.3 is 14.8 Å².